The lowest BCUT2D eigenvalue weighted by Crippen LogP contribution is -2.37. The monoisotopic (exact) mass is 295 g/mol. The number of ether oxygens (including phenoxy) is 1. The second-order valence-electron chi connectivity index (χ2n) is 2.64. The molecule has 0 spiro atoms. The van der Waals surface area contributed by atoms with E-state index in [2.05, 4.69) is 15.9 Å². The molecule has 0 aromatic rings. The number of rotatable bonds is 6. The van der Waals surface area contributed by atoms with E-state index in [1.165, 1.54) is 7.11 Å². The lowest BCUT2D eigenvalue weighted by Gasteiger charge is -2.19. The summed E-state index contributed by atoms with van der Waals surface area (Å²) in [5.41, 5.74) is 0. The molecular formula is C6H12BrF2NO3S. The van der Waals surface area contributed by atoms with Crippen molar-refractivity contribution in [2.45, 2.75) is 10.6 Å². The van der Waals surface area contributed by atoms with Gasteiger partial charge in [-0.15, -0.1) is 0 Å². The van der Waals surface area contributed by atoms with Crippen LogP contribution in [0.3, 0.4) is 0 Å². The van der Waals surface area contributed by atoms with Crippen LogP contribution in [-0.2, 0) is 14.8 Å². The van der Waals surface area contributed by atoms with Gasteiger partial charge in [0.15, 0.2) is 0 Å². The molecular weight excluding hydrogens is 284 g/mol. The number of hydrogen-bond acceptors (Lipinski definition) is 3. The van der Waals surface area contributed by atoms with Gasteiger partial charge < -0.3 is 4.74 Å². The minimum absolute atomic E-state index is 0.0550. The molecule has 0 rings (SSSR count). The van der Waals surface area contributed by atoms with Crippen LogP contribution in [0, 0.1) is 0 Å². The highest BCUT2D eigenvalue weighted by atomic mass is 79.9. The number of alkyl halides is 3. The minimum Gasteiger partial charge on any atom is -0.383 e. The first-order chi connectivity index (χ1) is 6.32. The highest BCUT2D eigenvalue weighted by molar-refractivity contribution is 9.09. The van der Waals surface area contributed by atoms with E-state index < -0.39 is 15.8 Å². The Morgan fingerprint density at radius 2 is 2.00 bits per heavy atom. The number of hydrogen-bond donors (Lipinski definition) is 0. The zero-order chi connectivity index (χ0) is 11.4. The maximum atomic E-state index is 12.0. The predicted octanol–water partition coefficient (Wildman–Crippen LogP) is 0.881. The molecule has 1 unspecified atom stereocenters. The van der Waals surface area contributed by atoms with Crippen molar-refractivity contribution in [3.05, 3.63) is 0 Å². The number of halogens is 3. The van der Waals surface area contributed by atoms with Crippen LogP contribution >= 0.6 is 15.9 Å². The van der Waals surface area contributed by atoms with Gasteiger partial charge >= 0.3 is 5.76 Å². The highest BCUT2D eigenvalue weighted by Crippen LogP contribution is 2.12. The van der Waals surface area contributed by atoms with E-state index in [9.17, 15) is 17.2 Å². The van der Waals surface area contributed by atoms with Gasteiger partial charge in [0.2, 0.25) is 0 Å². The summed E-state index contributed by atoms with van der Waals surface area (Å²) in [6.45, 7) is 0.198. The summed E-state index contributed by atoms with van der Waals surface area (Å²) in [5, 5.41) is 0. The summed E-state index contributed by atoms with van der Waals surface area (Å²) >= 11 is 3.10. The molecule has 0 aromatic heterocycles. The SMILES string of the molecule is COCC(Br)CN(C)S(=O)(=O)C(F)F. The fourth-order valence-corrected chi connectivity index (χ4v) is 2.30. The van der Waals surface area contributed by atoms with Gasteiger partial charge in [0, 0.05) is 20.7 Å². The van der Waals surface area contributed by atoms with E-state index in [0.29, 0.717) is 4.31 Å². The van der Waals surface area contributed by atoms with Gasteiger partial charge in [0.05, 0.1) is 11.4 Å². The zero-order valence-corrected chi connectivity index (χ0v) is 10.2. The molecule has 4 nitrogen and oxygen atoms in total. The Labute approximate surface area is 90.4 Å². The second kappa shape index (κ2) is 5.94. The molecule has 0 aliphatic rings. The molecule has 86 valence electrons. The first-order valence-corrected chi connectivity index (χ1v) is 6.10. The van der Waals surface area contributed by atoms with Gasteiger partial charge in [-0.25, -0.2) is 8.42 Å². The predicted molar refractivity (Wildman–Crippen MR) is 52.1 cm³/mol. The van der Waals surface area contributed by atoms with Gasteiger partial charge in [0.1, 0.15) is 0 Å². The smallest absolute Gasteiger partial charge is 0.350 e. The molecule has 0 aromatic carbocycles. The Balaban J connectivity index is 4.28. The topological polar surface area (TPSA) is 46.6 Å². The van der Waals surface area contributed by atoms with E-state index in [-0.39, 0.29) is 18.0 Å². The molecule has 0 aliphatic carbocycles. The van der Waals surface area contributed by atoms with Crippen molar-refractivity contribution in [1.82, 2.24) is 4.31 Å². The average Bonchev–Trinajstić information content (AvgIpc) is 2.03. The summed E-state index contributed by atoms with van der Waals surface area (Å²) in [4.78, 5) is -0.300. The van der Waals surface area contributed by atoms with Crippen LogP contribution in [0.4, 0.5) is 8.78 Å². The summed E-state index contributed by atoms with van der Waals surface area (Å²) in [6, 6.07) is 0. The Bertz CT molecular complexity index is 260. The molecule has 0 bridgehead atoms. The average molecular weight is 296 g/mol. The van der Waals surface area contributed by atoms with Crippen molar-refractivity contribution in [3.63, 3.8) is 0 Å². The third-order valence-electron chi connectivity index (χ3n) is 1.46. The molecule has 0 N–H and O–H groups in total. The minimum atomic E-state index is -4.48. The van der Waals surface area contributed by atoms with Gasteiger partial charge in [-0.3, -0.25) is 0 Å². The van der Waals surface area contributed by atoms with Crippen LogP contribution in [0.25, 0.3) is 0 Å². The number of nitrogens with zero attached hydrogens (tertiary/aromatic N) is 1. The van der Waals surface area contributed by atoms with E-state index in [1.54, 1.807) is 0 Å². The van der Waals surface area contributed by atoms with Gasteiger partial charge in [-0.2, -0.15) is 13.1 Å². The quantitative estimate of drug-likeness (QED) is 0.684. The fourth-order valence-electron chi connectivity index (χ4n) is 0.752. The normalized spacial score (nSPS) is 15.1. The third kappa shape index (κ3) is 4.16. The van der Waals surface area contributed by atoms with Crippen molar-refractivity contribution in [1.29, 1.82) is 0 Å². The number of sulfonamides is 1. The molecule has 0 radical (unpaired) electrons. The summed E-state index contributed by atoms with van der Waals surface area (Å²) in [5.74, 6) is -3.38. The standard InChI is InChI=1S/C6H12BrF2NO3S/c1-10(3-5(7)4-13-2)14(11,12)6(8)9/h5-6H,3-4H2,1-2H3. The third-order valence-corrected chi connectivity index (χ3v) is 3.48. The summed E-state index contributed by atoms with van der Waals surface area (Å²) in [6.07, 6.45) is 0. The molecule has 0 amide bonds. The molecule has 1 atom stereocenters. The lowest BCUT2D eigenvalue weighted by atomic mass is 10.4. The first kappa shape index (κ1) is 14.2. The van der Waals surface area contributed by atoms with E-state index in [0.717, 1.165) is 7.05 Å². The van der Waals surface area contributed by atoms with Crippen molar-refractivity contribution in [3.8, 4) is 0 Å². The van der Waals surface area contributed by atoms with Gasteiger partial charge in [0.25, 0.3) is 10.0 Å². The van der Waals surface area contributed by atoms with Crippen molar-refractivity contribution in [2.24, 2.45) is 0 Å². The number of methoxy groups -OCH3 is 1. The van der Waals surface area contributed by atoms with Crippen LogP contribution in [-0.4, -0.2) is 50.6 Å². The molecule has 0 saturated heterocycles. The van der Waals surface area contributed by atoms with Gasteiger partial charge in [-0.05, 0) is 0 Å². The first-order valence-electron chi connectivity index (χ1n) is 3.68. The molecule has 8 heteroatoms. The fraction of sp³-hybridized carbons (Fsp3) is 1.00. The second-order valence-corrected chi connectivity index (χ2v) is 5.94. The molecule has 0 heterocycles. The largest absolute Gasteiger partial charge is 0.383 e. The van der Waals surface area contributed by atoms with E-state index in [4.69, 9.17) is 4.74 Å². The van der Waals surface area contributed by atoms with Crippen molar-refractivity contribution < 1.29 is 21.9 Å². The molecule has 0 saturated carbocycles. The lowest BCUT2D eigenvalue weighted by molar-refractivity contribution is 0.191. The maximum absolute atomic E-state index is 12.0. The molecule has 0 aliphatic heterocycles. The van der Waals surface area contributed by atoms with E-state index >= 15 is 0 Å². The molecule has 14 heavy (non-hydrogen) atoms. The Morgan fingerprint density at radius 3 is 2.36 bits per heavy atom. The van der Waals surface area contributed by atoms with Gasteiger partial charge in [-0.1, -0.05) is 15.9 Å². The zero-order valence-electron chi connectivity index (χ0n) is 7.78. The summed E-state index contributed by atoms with van der Waals surface area (Å²) < 4.78 is 51.1. The maximum Gasteiger partial charge on any atom is 0.350 e. The van der Waals surface area contributed by atoms with Crippen LogP contribution < -0.4 is 0 Å². The van der Waals surface area contributed by atoms with Crippen molar-refractivity contribution >= 4 is 26.0 Å². The Kier molecular flexibility index (Phi) is 6.03. The van der Waals surface area contributed by atoms with Crippen LogP contribution in [0.5, 0.6) is 0 Å². The van der Waals surface area contributed by atoms with E-state index in [1.807, 2.05) is 0 Å². The van der Waals surface area contributed by atoms with Crippen LogP contribution in [0.1, 0.15) is 0 Å². The van der Waals surface area contributed by atoms with Crippen molar-refractivity contribution in [2.75, 3.05) is 27.3 Å². The molecule has 0 fully saturated rings. The highest BCUT2D eigenvalue weighted by Gasteiger charge is 2.30. The Hall–Kier alpha value is 0.210. The summed E-state index contributed by atoms with van der Waals surface area (Å²) in [7, 11) is -1.93. The Morgan fingerprint density at radius 1 is 1.50 bits per heavy atom. The van der Waals surface area contributed by atoms with Crippen LogP contribution in [0.15, 0.2) is 0 Å². The van der Waals surface area contributed by atoms with Crippen LogP contribution in [0.2, 0.25) is 0 Å².